The number of piperazine rings is 1. The number of likely N-dealkylation sites (tertiary alicyclic amines) is 1. The van der Waals surface area contributed by atoms with Gasteiger partial charge < -0.3 is 39.5 Å². The van der Waals surface area contributed by atoms with E-state index in [9.17, 15) is 28.8 Å². The Morgan fingerprint density at radius 3 is 2.35 bits per heavy atom. The highest BCUT2D eigenvalue weighted by Crippen LogP contribution is 2.30. The number of amides is 5. The van der Waals surface area contributed by atoms with Crippen LogP contribution in [0.4, 0.5) is 9.18 Å². The third kappa shape index (κ3) is 10.0. The van der Waals surface area contributed by atoms with Crippen LogP contribution in [0.3, 0.4) is 0 Å². The number of ether oxygens (including phenoxy) is 3. The summed E-state index contributed by atoms with van der Waals surface area (Å²) in [5, 5.41) is 5.45. The predicted octanol–water partition coefficient (Wildman–Crippen LogP) is 2.32. The van der Waals surface area contributed by atoms with Crippen molar-refractivity contribution in [3.05, 3.63) is 35.3 Å². The first-order chi connectivity index (χ1) is 24.5. The maximum absolute atomic E-state index is 15.3. The molecule has 0 saturated carbocycles. The smallest absolute Gasteiger partial charge is 0.409 e. The van der Waals surface area contributed by atoms with Gasteiger partial charge in [-0.15, -0.1) is 0 Å². The number of nitrogens with zero attached hydrogens (tertiary/aromatic N) is 4. The minimum absolute atomic E-state index is 0.0435. The van der Waals surface area contributed by atoms with Gasteiger partial charge in [0, 0.05) is 51.8 Å². The van der Waals surface area contributed by atoms with E-state index in [4.69, 9.17) is 14.2 Å². The Morgan fingerprint density at radius 1 is 0.961 bits per heavy atom. The Kier molecular flexibility index (Phi) is 13.9. The first kappa shape index (κ1) is 38.8. The lowest BCUT2D eigenvalue weighted by Gasteiger charge is -2.36. The molecular weight excluding hydrogens is 667 g/mol. The van der Waals surface area contributed by atoms with Crippen LogP contribution < -0.4 is 15.4 Å². The Labute approximate surface area is 296 Å². The second-order valence-corrected chi connectivity index (χ2v) is 12.4. The molecule has 4 rings (SSSR count). The number of hydrogen-bond acceptors (Lipinski definition) is 10. The lowest BCUT2D eigenvalue weighted by molar-refractivity contribution is -0.143. The molecule has 2 atom stereocenters. The predicted molar refractivity (Wildman–Crippen MR) is 182 cm³/mol. The van der Waals surface area contributed by atoms with Crippen LogP contribution in [0.1, 0.15) is 68.9 Å². The number of rotatable bonds is 14. The first-order valence-electron chi connectivity index (χ1n) is 17.4. The number of halogens is 1. The van der Waals surface area contributed by atoms with Gasteiger partial charge in [0.2, 0.25) is 11.8 Å². The van der Waals surface area contributed by atoms with Crippen molar-refractivity contribution in [3.8, 4) is 5.75 Å². The van der Waals surface area contributed by atoms with E-state index >= 15 is 4.39 Å². The van der Waals surface area contributed by atoms with Gasteiger partial charge >= 0.3 is 12.1 Å². The quantitative estimate of drug-likeness (QED) is 0.276. The molecule has 3 heterocycles. The average molecular weight is 715 g/mol. The van der Waals surface area contributed by atoms with E-state index in [1.54, 1.807) is 26.8 Å². The number of carbonyl (C=O) groups excluding carboxylic acids is 6. The lowest BCUT2D eigenvalue weighted by atomic mass is 10.1. The zero-order valence-electron chi connectivity index (χ0n) is 29.6. The van der Waals surface area contributed by atoms with Crippen LogP contribution in [0.15, 0.2) is 18.2 Å². The number of fused-ring (bicyclic) bond motifs is 1. The molecule has 0 spiro atoms. The first-order valence-corrected chi connectivity index (χ1v) is 17.4. The van der Waals surface area contributed by atoms with E-state index in [0.717, 1.165) is 6.42 Å². The van der Waals surface area contributed by atoms with Gasteiger partial charge in [-0.3, -0.25) is 24.0 Å². The van der Waals surface area contributed by atoms with Crippen molar-refractivity contribution in [1.29, 1.82) is 0 Å². The Bertz CT molecular complexity index is 1610. The summed E-state index contributed by atoms with van der Waals surface area (Å²) in [5.74, 6) is -3.32. The fourth-order valence-corrected chi connectivity index (χ4v) is 6.10. The van der Waals surface area contributed by atoms with Gasteiger partial charge in [0.25, 0.3) is 11.8 Å². The molecule has 51 heavy (non-hydrogen) atoms. The highest BCUT2D eigenvalue weighted by Gasteiger charge is 2.35. The van der Waals surface area contributed by atoms with Crippen molar-refractivity contribution in [3.63, 3.8) is 0 Å². The minimum Gasteiger partial charge on any atom is -0.483 e. The molecule has 278 valence electrons. The van der Waals surface area contributed by atoms with Crippen LogP contribution in [0.2, 0.25) is 0 Å². The summed E-state index contributed by atoms with van der Waals surface area (Å²) in [4.78, 5) is 86.5. The van der Waals surface area contributed by atoms with Crippen molar-refractivity contribution >= 4 is 46.6 Å². The third-order valence-electron chi connectivity index (χ3n) is 8.64. The summed E-state index contributed by atoms with van der Waals surface area (Å²) < 4.78 is 31.3. The van der Waals surface area contributed by atoms with Gasteiger partial charge in [0.15, 0.2) is 6.61 Å². The molecule has 1 aromatic carbocycles. The van der Waals surface area contributed by atoms with Crippen LogP contribution in [0, 0.1) is 12.7 Å². The summed E-state index contributed by atoms with van der Waals surface area (Å²) in [6, 6.07) is 2.23. The molecule has 2 fully saturated rings. The lowest BCUT2D eigenvalue weighted by Crippen LogP contribution is -2.56. The van der Waals surface area contributed by atoms with Crippen LogP contribution in [-0.4, -0.2) is 127 Å². The number of aryl methyl sites for hydroxylation is 1. The SMILES string of the molecule is CCCNC(=O)C1CCCN1C(=O)COc1cc(C(=O)NC(CCC(=O)OCC)C(=O)N2CCN(C(=O)OCC)CC2)nc2cc(C)cc(F)c12. The molecular formula is C35H47FN6O9. The largest absolute Gasteiger partial charge is 0.483 e. The van der Waals surface area contributed by atoms with E-state index < -0.39 is 54.3 Å². The molecule has 0 radical (unpaired) electrons. The van der Waals surface area contributed by atoms with E-state index in [2.05, 4.69) is 15.6 Å². The number of benzene rings is 1. The van der Waals surface area contributed by atoms with Gasteiger partial charge in [-0.1, -0.05) is 6.92 Å². The van der Waals surface area contributed by atoms with Crippen molar-refractivity contribution < 1.29 is 47.4 Å². The van der Waals surface area contributed by atoms with Crippen molar-refractivity contribution in [1.82, 2.24) is 30.3 Å². The molecule has 2 saturated heterocycles. The van der Waals surface area contributed by atoms with Gasteiger partial charge in [-0.25, -0.2) is 14.2 Å². The van der Waals surface area contributed by atoms with Crippen LogP contribution in [0.25, 0.3) is 10.9 Å². The zero-order chi connectivity index (χ0) is 37.1. The highest BCUT2D eigenvalue weighted by molar-refractivity contribution is 6.00. The number of aromatic nitrogens is 1. The van der Waals surface area contributed by atoms with E-state index in [1.165, 1.54) is 26.8 Å². The fraction of sp³-hybridized carbons (Fsp3) is 0.571. The van der Waals surface area contributed by atoms with E-state index in [-0.39, 0.29) is 80.5 Å². The monoisotopic (exact) mass is 714 g/mol. The molecule has 16 heteroatoms. The van der Waals surface area contributed by atoms with Crippen molar-refractivity contribution in [2.24, 2.45) is 0 Å². The molecule has 15 nitrogen and oxygen atoms in total. The third-order valence-corrected chi connectivity index (χ3v) is 8.64. The average Bonchev–Trinajstić information content (AvgIpc) is 3.61. The molecule has 2 N–H and O–H groups in total. The van der Waals surface area contributed by atoms with Gasteiger partial charge in [-0.05, 0) is 64.2 Å². The molecule has 2 unspecified atom stereocenters. The van der Waals surface area contributed by atoms with Gasteiger partial charge in [0.1, 0.15) is 29.3 Å². The number of pyridine rings is 1. The topological polar surface area (TPSA) is 177 Å². The van der Waals surface area contributed by atoms with Crippen LogP contribution in [-0.2, 0) is 28.7 Å². The van der Waals surface area contributed by atoms with Crippen LogP contribution >= 0.6 is 0 Å². The number of esters is 1. The standard InChI is InChI=1S/C35H47FN6O9/c1-5-12-37-33(46)27-9-8-13-42(27)29(43)21-51-28-20-26(38-25-19-22(4)18-23(36)31(25)28)32(45)39-24(10-11-30(44)49-6-2)34(47)40-14-16-41(17-15-40)35(48)50-7-3/h18-20,24,27H,5-17,21H2,1-4H3,(H,37,46)(H,39,45). The van der Waals surface area contributed by atoms with E-state index in [1.807, 2.05) is 6.92 Å². The molecule has 2 aromatic rings. The number of carbonyl (C=O) groups is 6. The summed E-state index contributed by atoms with van der Waals surface area (Å²) in [6.45, 7) is 8.44. The summed E-state index contributed by atoms with van der Waals surface area (Å²) >= 11 is 0. The Hall–Kier alpha value is -5.02. The second-order valence-electron chi connectivity index (χ2n) is 12.4. The molecule has 0 aliphatic carbocycles. The summed E-state index contributed by atoms with van der Waals surface area (Å²) in [5.41, 5.74) is 0.397. The van der Waals surface area contributed by atoms with Crippen LogP contribution in [0.5, 0.6) is 5.75 Å². The van der Waals surface area contributed by atoms with Gasteiger partial charge in [-0.2, -0.15) is 0 Å². The minimum atomic E-state index is -1.17. The number of hydrogen-bond donors (Lipinski definition) is 2. The molecule has 2 aliphatic heterocycles. The molecule has 5 amide bonds. The maximum Gasteiger partial charge on any atom is 0.409 e. The van der Waals surface area contributed by atoms with E-state index in [0.29, 0.717) is 31.5 Å². The normalized spacial score (nSPS) is 16.4. The summed E-state index contributed by atoms with van der Waals surface area (Å²) in [6.07, 6.45) is 1.18. The highest BCUT2D eigenvalue weighted by atomic mass is 19.1. The zero-order valence-corrected chi connectivity index (χ0v) is 29.6. The van der Waals surface area contributed by atoms with Crippen molar-refractivity contribution in [2.75, 3.05) is 59.1 Å². The maximum atomic E-state index is 15.3. The number of nitrogens with one attached hydrogen (secondary N) is 2. The van der Waals surface area contributed by atoms with Gasteiger partial charge in [0.05, 0.1) is 24.1 Å². The fourth-order valence-electron chi connectivity index (χ4n) is 6.10. The molecule has 2 aliphatic rings. The summed E-state index contributed by atoms with van der Waals surface area (Å²) in [7, 11) is 0. The molecule has 1 aromatic heterocycles. The Balaban J connectivity index is 1.55. The second kappa shape index (κ2) is 18.3. The van der Waals surface area contributed by atoms with Crippen molar-refractivity contribution in [2.45, 2.75) is 71.9 Å². The Morgan fingerprint density at radius 2 is 1.67 bits per heavy atom. The molecule has 0 bridgehead atoms.